The van der Waals surface area contributed by atoms with Crippen LogP contribution in [-0.2, 0) is 4.79 Å². The van der Waals surface area contributed by atoms with E-state index in [1.165, 1.54) is 44.9 Å². The van der Waals surface area contributed by atoms with Crippen molar-refractivity contribution in [3.8, 4) is 0 Å². The van der Waals surface area contributed by atoms with Crippen molar-refractivity contribution < 1.29 is 4.79 Å². The normalized spacial score (nSPS) is 27.3. The Morgan fingerprint density at radius 1 is 1.33 bits per heavy atom. The van der Waals surface area contributed by atoms with E-state index in [1.54, 1.807) is 0 Å². The summed E-state index contributed by atoms with van der Waals surface area (Å²) in [6.45, 7) is 2.59. The lowest BCUT2D eigenvalue weighted by atomic mass is 9.95. The molecule has 0 heterocycles. The van der Waals surface area contributed by atoms with E-state index in [0.29, 0.717) is 12.6 Å². The lowest BCUT2D eigenvalue weighted by Crippen LogP contribution is -2.36. The van der Waals surface area contributed by atoms with Crippen LogP contribution < -0.4 is 11.1 Å². The second-order valence-electron chi connectivity index (χ2n) is 4.71. The first kappa shape index (κ1) is 12.5. The highest BCUT2D eigenvalue weighted by Crippen LogP contribution is 2.26. The summed E-state index contributed by atoms with van der Waals surface area (Å²) in [5.74, 6) is 0.666. The fourth-order valence-corrected chi connectivity index (χ4v) is 2.52. The average molecular weight is 212 g/mol. The van der Waals surface area contributed by atoms with Gasteiger partial charge in [0.15, 0.2) is 0 Å². The highest BCUT2D eigenvalue weighted by Gasteiger charge is 2.17. The molecule has 0 saturated heterocycles. The third-order valence-electron chi connectivity index (χ3n) is 3.35. The molecule has 0 aromatic heterocycles. The molecular formula is C12H24N2O. The third-order valence-corrected chi connectivity index (χ3v) is 3.35. The number of nitrogens with two attached hydrogens (primary N) is 1. The van der Waals surface area contributed by atoms with Crippen molar-refractivity contribution in [2.24, 2.45) is 11.7 Å². The van der Waals surface area contributed by atoms with Crippen molar-refractivity contribution in [2.45, 2.75) is 57.9 Å². The molecule has 0 spiro atoms. The monoisotopic (exact) mass is 212 g/mol. The number of carbonyl (C=O) groups excluding carboxylic acids is 1. The molecule has 3 N–H and O–H groups in total. The zero-order valence-electron chi connectivity index (χ0n) is 9.80. The number of primary amides is 1. The summed E-state index contributed by atoms with van der Waals surface area (Å²) in [6, 6.07) is 0.513. The Morgan fingerprint density at radius 2 is 2.13 bits per heavy atom. The topological polar surface area (TPSA) is 55.1 Å². The highest BCUT2D eigenvalue weighted by atomic mass is 16.1. The zero-order chi connectivity index (χ0) is 11.1. The third kappa shape index (κ3) is 5.17. The van der Waals surface area contributed by atoms with Gasteiger partial charge in [-0.2, -0.15) is 0 Å². The quantitative estimate of drug-likeness (QED) is 0.683. The van der Waals surface area contributed by atoms with E-state index in [9.17, 15) is 4.79 Å². The van der Waals surface area contributed by atoms with Crippen LogP contribution in [0.2, 0.25) is 0 Å². The van der Waals surface area contributed by atoms with Crippen LogP contribution in [0, 0.1) is 5.92 Å². The maximum Gasteiger partial charge on any atom is 0.231 e. The van der Waals surface area contributed by atoms with Crippen molar-refractivity contribution >= 4 is 5.91 Å². The van der Waals surface area contributed by atoms with Gasteiger partial charge < -0.3 is 11.1 Å². The summed E-state index contributed by atoms with van der Waals surface area (Å²) < 4.78 is 0. The fraction of sp³-hybridized carbons (Fsp3) is 0.917. The van der Waals surface area contributed by atoms with Gasteiger partial charge in [0.25, 0.3) is 0 Å². The van der Waals surface area contributed by atoms with Crippen LogP contribution in [0.5, 0.6) is 0 Å². The first-order valence-electron chi connectivity index (χ1n) is 6.24. The van der Waals surface area contributed by atoms with Crippen molar-refractivity contribution in [1.82, 2.24) is 5.32 Å². The Morgan fingerprint density at radius 3 is 2.80 bits per heavy atom. The predicted molar refractivity (Wildman–Crippen MR) is 62.5 cm³/mol. The van der Waals surface area contributed by atoms with Crippen LogP contribution in [-0.4, -0.2) is 18.5 Å². The molecule has 3 heteroatoms. The lowest BCUT2D eigenvalue weighted by molar-refractivity contribution is -0.117. The first-order chi connectivity index (χ1) is 7.22. The van der Waals surface area contributed by atoms with Gasteiger partial charge >= 0.3 is 0 Å². The van der Waals surface area contributed by atoms with Crippen molar-refractivity contribution in [3.63, 3.8) is 0 Å². The second-order valence-corrected chi connectivity index (χ2v) is 4.71. The molecular weight excluding hydrogens is 188 g/mol. The van der Waals surface area contributed by atoms with E-state index in [0.717, 1.165) is 5.92 Å². The van der Waals surface area contributed by atoms with Crippen LogP contribution in [0.15, 0.2) is 0 Å². The number of nitrogens with one attached hydrogen (secondary N) is 1. The van der Waals surface area contributed by atoms with E-state index < -0.39 is 0 Å². The molecule has 1 saturated carbocycles. The molecule has 0 bridgehead atoms. The van der Waals surface area contributed by atoms with E-state index >= 15 is 0 Å². The maximum absolute atomic E-state index is 10.7. The minimum absolute atomic E-state index is 0.246. The van der Waals surface area contributed by atoms with Gasteiger partial charge in [-0.1, -0.05) is 32.6 Å². The average Bonchev–Trinajstić information content (AvgIpc) is 2.41. The van der Waals surface area contributed by atoms with E-state index in [1.807, 2.05) is 0 Å². The number of carbonyl (C=O) groups is 1. The zero-order valence-corrected chi connectivity index (χ0v) is 9.80. The Labute approximate surface area is 92.8 Å². The maximum atomic E-state index is 10.7. The molecule has 2 atom stereocenters. The molecule has 1 fully saturated rings. The van der Waals surface area contributed by atoms with Crippen LogP contribution in [0.4, 0.5) is 0 Å². The fourth-order valence-electron chi connectivity index (χ4n) is 2.52. The molecule has 88 valence electrons. The van der Waals surface area contributed by atoms with Crippen LogP contribution >= 0.6 is 0 Å². The Hall–Kier alpha value is -0.570. The molecule has 1 rings (SSSR count). The van der Waals surface area contributed by atoms with Crippen molar-refractivity contribution in [2.75, 3.05) is 6.54 Å². The standard InChI is InChI=1S/C12H24N2O/c1-2-4-10-5-3-6-11(8-7-10)14-9-12(13)15/h10-11,14H,2-9H2,1H3,(H2,13,15). The van der Waals surface area contributed by atoms with Crippen molar-refractivity contribution in [1.29, 1.82) is 0 Å². The van der Waals surface area contributed by atoms with Crippen LogP contribution in [0.25, 0.3) is 0 Å². The smallest absolute Gasteiger partial charge is 0.231 e. The summed E-state index contributed by atoms with van der Waals surface area (Å²) in [5, 5.41) is 3.25. The van der Waals surface area contributed by atoms with Gasteiger partial charge in [0.1, 0.15) is 0 Å². The summed E-state index contributed by atoms with van der Waals surface area (Å²) in [7, 11) is 0. The van der Waals surface area contributed by atoms with E-state index in [2.05, 4.69) is 12.2 Å². The second kappa shape index (κ2) is 6.83. The number of hydrogen-bond acceptors (Lipinski definition) is 2. The molecule has 0 aromatic rings. The highest BCUT2D eigenvalue weighted by molar-refractivity contribution is 5.75. The Bertz CT molecular complexity index is 194. The number of amides is 1. The van der Waals surface area contributed by atoms with Gasteiger partial charge in [0.2, 0.25) is 5.91 Å². The number of rotatable bonds is 5. The molecule has 0 aromatic carbocycles. The molecule has 0 radical (unpaired) electrons. The summed E-state index contributed by atoms with van der Waals surface area (Å²) in [4.78, 5) is 10.7. The first-order valence-corrected chi connectivity index (χ1v) is 6.24. The Kier molecular flexibility index (Phi) is 5.69. The molecule has 1 aliphatic carbocycles. The van der Waals surface area contributed by atoms with Gasteiger partial charge in [-0.3, -0.25) is 4.79 Å². The van der Waals surface area contributed by atoms with Gasteiger partial charge in [-0.05, 0) is 25.2 Å². The molecule has 0 aliphatic heterocycles. The van der Waals surface area contributed by atoms with Gasteiger partial charge in [-0.15, -0.1) is 0 Å². The number of hydrogen-bond donors (Lipinski definition) is 2. The molecule has 15 heavy (non-hydrogen) atoms. The summed E-state index contributed by atoms with van der Waals surface area (Å²) in [5.41, 5.74) is 5.12. The summed E-state index contributed by atoms with van der Waals surface area (Å²) >= 11 is 0. The van der Waals surface area contributed by atoms with Gasteiger partial charge in [-0.25, -0.2) is 0 Å². The lowest BCUT2D eigenvalue weighted by Gasteiger charge is -2.15. The van der Waals surface area contributed by atoms with Crippen LogP contribution in [0.3, 0.4) is 0 Å². The largest absolute Gasteiger partial charge is 0.369 e. The minimum atomic E-state index is -0.246. The van der Waals surface area contributed by atoms with Crippen molar-refractivity contribution in [3.05, 3.63) is 0 Å². The molecule has 3 nitrogen and oxygen atoms in total. The van der Waals surface area contributed by atoms with Gasteiger partial charge in [0, 0.05) is 6.04 Å². The molecule has 1 amide bonds. The Balaban J connectivity index is 2.23. The molecule has 1 aliphatic rings. The van der Waals surface area contributed by atoms with E-state index in [-0.39, 0.29) is 5.91 Å². The predicted octanol–water partition coefficient (Wildman–Crippen LogP) is 1.81. The van der Waals surface area contributed by atoms with Gasteiger partial charge in [0.05, 0.1) is 6.54 Å². The summed E-state index contributed by atoms with van der Waals surface area (Å²) in [6.07, 6.45) is 9.03. The SMILES string of the molecule is CCCC1CCCC(NCC(N)=O)CC1. The minimum Gasteiger partial charge on any atom is -0.369 e. The van der Waals surface area contributed by atoms with E-state index in [4.69, 9.17) is 5.73 Å². The molecule has 2 unspecified atom stereocenters. The van der Waals surface area contributed by atoms with Crippen LogP contribution in [0.1, 0.15) is 51.9 Å².